The molecular weight excluding hydrogens is 270 g/mol. The molecule has 0 spiro atoms. The Bertz CT molecular complexity index is 541. The zero-order valence-electron chi connectivity index (χ0n) is 11.8. The van der Waals surface area contributed by atoms with E-state index in [-0.39, 0.29) is 11.8 Å². The normalized spacial score (nSPS) is 22.4. The summed E-state index contributed by atoms with van der Waals surface area (Å²) in [6.45, 7) is 2.58. The fourth-order valence-corrected chi connectivity index (χ4v) is 2.63. The molecule has 0 bridgehead atoms. The van der Waals surface area contributed by atoms with Gasteiger partial charge in [-0.05, 0) is 24.6 Å². The first-order chi connectivity index (χ1) is 10.2. The number of nitrogens with one attached hydrogen (secondary N) is 2. The molecule has 0 saturated carbocycles. The third-order valence-corrected chi connectivity index (χ3v) is 3.72. The molecule has 1 unspecified atom stereocenters. The summed E-state index contributed by atoms with van der Waals surface area (Å²) in [6, 6.07) is 7.38. The van der Waals surface area contributed by atoms with Gasteiger partial charge in [-0.3, -0.25) is 9.59 Å². The van der Waals surface area contributed by atoms with Crippen LogP contribution in [0.5, 0.6) is 0 Å². The van der Waals surface area contributed by atoms with Crippen molar-refractivity contribution in [1.82, 2.24) is 5.32 Å². The summed E-state index contributed by atoms with van der Waals surface area (Å²) >= 11 is 0. The lowest BCUT2D eigenvalue weighted by Crippen LogP contribution is -2.45. The van der Waals surface area contributed by atoms with Gasteiger partial charge in [0.05, 0.1) is 6.61 Å². The molecule has 2 aliphatic heterocycles. The Morgan fingerprint density at radius 1 is 1.43 bits per heavy atom. The van der Waals surface area contributed by atoms with Crippen molar-refractivity contribution in [2.75, 3.05) is 36.5 Å². The molecule has 0 aromatic heterocycles. The Kier molecular flexibility index (Phi) is 4.17. The molecule has 1 aromatic rings. The highest BCUT2D eigenvalue weighted by Crippen LogP contribution is 2.24. The van der Waals surface area contributed by atoms with Gasteiger partial charge in [0.1, 0.15) is 6.10 Å². The Balaban J connectivity index is 1.68. The summed E-state index contributed by atoms with van der Waals surface area (Å²) in [5.74, 6) is -0.0228. The zero-order chi connectivity index (χ0) is 14.7. The molecule has 3 rings (SSSR count). The van der Waals surface area contributed by atoms with Crippen LogP contribution in [0.15, 0.2) is 24.3 Å². The van der Waals surface area contributed by atoms with Gasteiger partial charge in [-0.2, -0.15) is 0 Å². The van der Waals surface area contributed by atoms with Crippen molar-refractivity contribution in [2.45, 2.75) is 18.9 Å². The molecule has 2 saturated heterocycles. The van der Waals surface area contributed by atoms with Crippen LogP contribution in [0.1, 0.15) is 12.8 Å². The quantitative estimate of drug-likeness (QED) is 0.861. The van der Waals surface area contributed by atoms with Gasteiger partial charge in [0.2, 0.25) is 5.91 Å². The standard InChI is InChI=1S/C15H19N3O3/c19-14-5-2-7-18(14)12-4-1-3-11(9-12)17-15(20)13-10-16-6-8-21-13/h1,3-4,9,13,16H,2,5-8,10H2,(H,17,20). The highest BCUT2D eigenvalue weighted by Gasteiger charge is 2.23. The van der Waals surface area contributed by atoms with Gasteiger partial charge in [0.25, 0.3) is 5.91 Å². The number of benzene rings is 1. The number of hydrogen-bond donors (Lipinski definition) is 2. The summed E-state index contributed by atoms with van der Waals surface area (Å²) in [5, 5.41) is 5.97. The molecule has 2 fully saturated rings. The highest BCUT2D eigenvalue weighted by atomic mass is 16.5. The molecule has 0 radical (unpaired) electrons. The lowest BCUT2D eigenvalue weighted by atomic mass is 10.2. The number of carbonyl (C=O) groups is 2. The number of hydrogen-bond acceptors (Lipinski definition) is 4. The predicted octanol–water partition coefficient (Wildman–Crippen LogP) is 0.740. The molecular formula is C15H19N3O3. The van der Waals surface area contributed by atoms with Crippen molar-refractivity contribution < 1.29 is 14.3 Å². The van der Waals surface area contributed by atoms with E-state index in [0.717, 1.165) is 25.2 Å². The summed E-state index contributed by atoms with van der Waals surface area (Å²) < 4.78 is 5.42. The summed E-state index contributed by atoms with van der Waals surface area (Å²) in [4.78, 5) is 25.6. The molecule has 1 aromatic carbocycles. The number of nitrogens with zero attached hydrogens (tertiary/aromatic N) is 1. The zero-order valence-corrected chi connectivity index (χ0v) is 11.8. The highest BCUT2D eigenvalue weighted by molar-refractivity contribution is 5.98. The second-order valence-corrected chi connectivity index (χ2v) is 5.25. The fourth-order valence-electron chi connectivity index (χ4n) is 2.63. The van der Waals surface area contributed by atoms with Gasteiger partial charge >= 0.3 is 0 Å². The Labute approximate surface area is 123 Å². The van der Waals surface area contributed by atoms with Crippen molar-refractivity contribution in [1.29, 1.82) is 0 Å². The summed E-state index contributed by atoms with van der Waals surface area (Å²) in [7, 11) is 0. The van der Waals surface area contributed by atoms with Gasteiger partial charge in [-0.25, -0.2) is 0 Å². The van der Waals surface area contributed by atoms with Crippen LogP contribution in [0.2, 0.25) is 0 Å². The molecule has 112 valence electrons. The van der Waals surface area contributed by atoms with Crippen molar-refractivity contribution >= 4 is 23.2 Å². The average Bonchev–Trinajstić information content (AvgIpc) is 2.94. The van der Waals surface area contributed by atoms with Gasteiger partial charge in [0, 0.05) is 37.4 Å². The molecule has 2 amide bonds. The summed E-state index contributed by atoms with van der Waals surface area (Å²) in [6.07, 6.45) is 1.02. The van der Waals surface area contributed by atoms with Crippen LogP contribution in [0.25, 0.3) is 0 Å². The minimum atomic E-state index is -0.462. The van der Waals surface area contributed by atoms with Crippen LogP contribution in [-0.4, -0.2) is 44.2 Å². The maximum absolute atomic E-state index is 12.1. The molecule has 0 aliphatic carbocycles. The largest absolute Gasteiger partial charge is 0.366 e. The van der Waals surface area contributed by atoms with Gasteiger partial charge < -0.3 is 20.3 Å². The van der Waals surface area contributed by atoms with Crippen LogP contribution in [0.3, 0.4) is 0 Å². The predicted molar refractivity (Wildman–Crippen MR) is 79.3 cm³/mol. The van der Waals surface area contributed by atoms with Crippen molar-refractivity contribution in [3.63, 3.8) is 0 Å². The van der Waals surface area contributed by atoms with E-state index in [1.807, 2.05) is 24.3 Å². The maximum atomic E-state index is 12.1. The molecule has 6 nitrogen and oxygen atoms in total. The molecule has 2 heterocycles. The number of ether oxygens (including phenoxy) is 1. The summed E-state index contributed by atoms with van der Waals surface area (Å²) in [5.41, 5.74) is 1.52. The van der Waals surface area contributed by atoms with E-state index >= 15 is 0 Å². The Hall–Kier alpha value is -1.92. The average molecular weight is 289 g/mol. The number of morpholine rings is 1. The second kappa shape index (κ2) is 6.24. The Morgan fingerprint density at radius 3 is 3.05 bits per heavy atom. The van der Waals surface area contributed by atoms with E-state index in [4.69, 9.17) is 4.74 Å². The minimum absolute atomic E-state index is 0.137. The third kappa shape index (κ3) is 3.22. The van der Waals surface area contributed by atoms with Crippen LogP contribution < -0.4 is 15.5 Å². The first kappa shape index (κ1) is 14.0. The van der Waals surface area contributed by atoms with Gasteiger partial charge in [-0.1, -0.05) is 6.07 Å². The van der Waals surface area contributed by atoms with Crippen LogP contribution >= 0.6 is 0 Å². The lowest BCUT2D eigenvalue weighted by Gasteiger charge is -2.23. The van der Waals surface area contributed by atoms with E-state index in [0.29, 0.717) is 25.3 Å². The van der Waals surface area contributed by atoms with Gasteiger partial charge in [0.15, 0.2) is 0 Å². The molecule has 21 heavy (non-hydrogen) atoms. The number of carbonyl (C=O) groups excluding carboxylic acids is 2. The molecule has 1 atom stereocenters. The third-order valence-electron chi connectivity index (χ3n) is 3.72. The minimum Gasteiger partial charge on any atom is -0.366 e. The lowest BCUT2D eigenvalue weighted by molar-refractivity contribution is -0.128. The van der Waals surface area contributed by atoms with Crippen molar-refractivity contribution in [3.05, 3.63) is 24.3 Å². The number of rotatable bonds is 3. The van der Waals surface area contributed by atoms with Crippen molar-refractivity contribution in [2.24, 2.45) is 0 Å². The van der Waals surface area contributed by atoms with E-state index in [2.05, 4.69) is 10.6 Å². The molecule has 6 heteroatoms. The topological polar surface area (TPSA) is 70.7 Å². The monoisotopic (exact) mass is 289 g/mol. The van der Waals surface area contributed by atoms with Crippen molar-refractivity contribution in [3.8, 4) is 0 Å². The fraction of sp³-hybridized carbons (Fsp3) is 0.467. The van der Waals surface area contributed by atoms with E-state index in [1.54, 1.807) is 4.90 Å². The van der Waals surface area contributed by atoms with Gasteiger partial charge in [-0.15, -0.1) is 0 Å². The first-order valence-corrected chi connectivity index (χ1v) is 7.28. The Morgan fingerprint density at radius 2 is 2.33 bits per heavy atom. The second-order valence-electron chi connectivity index (χ2n) is 5.25. The SMILES string of the molecule is O=C(Nc1cccc(N2CCCC2=O)c1)C1CNCCO1. The number of anilines is 2. The van der Waals surface area contributed by atoms with E-state index < -0.39 is 6.10 Å². The first-order valence-electron chi connectivity index (χ1n) is 7.28. The molecule has 2 N–H and O–H groups in total. The van der Waals surface area contributed by atoms with Crippen LogP contribution in [0, 0.1) is 0 Å². The number of amides is 2. The van der Waals surface area contributed by atoms with E-state index in [1.165, 1.54) is 0 Å². The van der Waals surface area contributed by atoms with Crippen LogP contribution in [-0.2, 0) is 14.3 Å². The van der Waals surface area contributed by atoms with E-state index in [9.17, 15) is 9.59 Å². The smallest absolute Gasteiger partial charge is 0.254 e. The maximum Gasteiger partial charge on any atom is 0.254 e. The molecule has 2 aliphatic rings. The van der Waals surface area contributed by atoms with Crippen LogP contribution in [0.4, 0.5) is 11.4 Å².